The zero-order chi connectivity index (χ0) is 13.1. The standard InChI is InChI=1S/C18H18/c1-13(2)11-17-9-10-18(12-15(17)4)16-7-5-14(3)6-8-16/h5-12H,1,4H2,2-3H3/b17-11-. The van der Waals surface area contributed by atoms with Crippen LogP contribution in [0.5, 0.6) is 0 Å². The Morgan fingerprint density at radius 1 is 1.00 bits per heavy atom. The highest BCUT2D eigenvalue weighted by Gasteiger charge is 1.96. The predicted molar refractivity (Wildman–Crippen MR) is 80.7 cm³/mol. The van der Waals surface area contributed by atoms with Crippen LogP contribution in [0.1, 0.15) is 12.5 Å². The number of hydrogen-bond donors (Lipinski definition) is 0. The summed E-state index contributed by atoms with van der Waals surface area (Å²) in [5.74, 6) is 0. The molecule has 0 radical (unpaired) electrons. The largest absolute Gasteiger partial charge is 0.0961 e. The zero-order valence-electron chi connectivity index (χ0n) is 11.0. The normalized spacial score (nSPS) is 11.6. The maximum Gasteiger partial charge on any atom is -0.0178 e. The highest BCUT2D eigenvalue weighted by molar-refractivity contribution is 5.64. The van der Waals surface area contributed by atoms with E-state index >= 15 is 0 Å². The van der Waals surface area contributed by atoms with Crippen LogP contribution in [-0.4, -0.2) is 0 Å². The second kappa shape index (κ2) is 5.05. The highest BCUT2D eigenvalue weighted by Crippen LogP contribution is 2.17. The van der Waals surface area contributed by atoms with E-state index in [1.54, 1.807) is 0 Å². The van der Waals surface area contributed by atoms with Gasteiger partial charge in [-0.05, 0) is 41.5 Å². The topological polar surface area (TPSA) is 0 Å². The van der Waals surface area contributed by atoms with Crippen molar-refractivity contribution < 1.29 is 0 Å². The van der Waals surface area contributed by atoms with Crippen LogP contribution < -0.4 is 10.4 Å². The van der Waals surface area contributed by atoms with Crippen LogP contribution in [0.15, 0.2) is 54.6 Å². The molecule has 0 aliphatic rings. The fourth-order valence-electron chi connectivity index (χ4n) is 1.94. The third kappa shape index (κ3) is 2.78. The molecule has 2 rings (SSSR count). The van der Waals surface area contributed by atoms with Crippen molar-refractivity contribution in [1.82, 2.24) is 0 Å². The van der Waals surface area contributed by atoms with Crippen LogP contribution in [0.3, 0.4) is 0 Å². The van der Waals surface area contributed by atoms with E-state index in [1.165, 1.54) is 16.7 Å². The van der Waals surface area contributed by atoms with Crippen LogP contribution in [0, 0.1) is 6.92 Å². The monoisotopic (exact) mass is 234 g/mol. The summed E-state index contributed by atoms with van der Waals surface area (Å²) in [6.45, 7) is 12.1. The lowest BCUT2D eigenvalue weighted by Gasteiger charge is -2.02. The lowest BCUT2D eigenvalue weighted by atomic mass is 10.0. The average molecular weight is 234 g/mol. The Labute approximate surface area is 109 Å². The molecule has 0 saturated heterocycles. The summed E-state index contributed by atoms with van der Waals surface area (Å²) < 4.78 is 0. The van der Waals surface area contributed by atoms with E-state index in [1.807, 2.05) is 6.92 Å². The van der Waals surface area contributed by atoms with Gasteiger partial charge in [-0.2, -0.15) is 0 Å². The Hall–Kier alpha value is -2.08. The van der Waals surface area contributed by atoms with Gasteiger partial charge in [-0.1, -0.05) is 66.8 Å². The van der Waals surface area contributed by atoms with Crippen molar-refractivity contribution in [1.29, 1.82) is 0 Å². The van der Waals surface area contributed by atoms with Gasteiger partial charge in [-0.15, -0.1) is 0 Å². The van der Waals surface area contributed by atoms with Gasteiger partial charge in [0, 0.05) is 0 Å². The molecule has 0 spiro atoms. The van der Waals surface area contributed by atoms with Gasteiger partial charge in [0.1, 0.15) is 0 Å². The molecule has 0 bridgehead atoms. The first-order valence-electron chi connectivity index (χ1n) is 6.09. The number of hydrogen-bond acceptors (Lipinski definition) is 0. The van der Waals surface area contributed by atoms with E-state index < -0.39 is 0 Å². The molecule has 0 fully saturated rings. The highest BCUT2D eigenvalue weighted by atomic mass is 14.0. The minimum absolute atomic E-state index is 1.04. The third-order valence-corrected chi connectivity index (χ3v) is 2.93. The fraction of sp³-hybridized carbons (Fsp3) is 0.111. The summed E-state index contributed by atoms with van der Waals surface area (Å²) in [6.07, 6.45) is 2.06. The molecule has 0 unspecified atom stereocenters. The van der Waals surface area contributed by atoms with Crippen molar-refractivity contribution >= 4 is 12.7 Å². The first-order valence-corrected chi connectivity index (χ1v) is 6.09. The van der Waals surface area contributed by atoms with Gasteiger partial charge in [-0.3, -0.25) is 0 Å². The van der Waals surface area contributed by atoms with Crippen LogP contribution in [-0.2, 0) is 0 Å². The molecule has 90 valence electrons. The molecule has 0 nitrogen and oxygen atoms in total. The molecule has 0 aliphatic heterocycles. The molecule has 0 aliphatic carbocycles. The van der Waals surface area contributed by atoms with Gasteiger partial charge < -0.3 is 0 Å². The van der Waals surface area contributed by atoms with Crippen LogP contribution in [0.2, 0.25) is 0 Å². The van der Waals surface area contributed by atoms with Crippen LogP contribution in [0.25, 0.3) is 23.8 Å². The molecule has 2 aromatic rings. The second-order valence-electron chi connectivity index (χ2n) is 4.77. The molecule has 0 heteroatoms. The minimum atomic E-state index is 1.04. The van der Waals surface area contributed by atoms with Crippen LogP contribution in [0.4, 0.5) is 0 Å². The fourth-order valence-corrected chi connectivity index (χ4v) is 1.94. The average Bonchev–Trinajstić information content (AvgIpc) is 2.32. The number of benzene rings is 2. The smallest absolute Gasteiger partial charge is 0.0178 e. The molecule has 0 aromatic heterocycles. The SMILES string of the molecule is C=C(C)/C=c1/ccc(-c2ccc(C)cc2)cc1=C. The maximum absolute atomic E-state index is 4.10. The van der Waals surface area contributed by atoms with Crippen molar-refractivity contribution in [3.63, 3.8) is 0 Å². The van der Waals surface area contributed by atoms with Crippen LogP contribution >= 0.6 is 0 Å². The summed E-state index contributed by atoms with van der Waals surface area (Å²) in [6, 6.07) is 14.9. The number of rotatable bonds is 2. The molecule has 0 N–H and O–H groups in total. The Morgan fingerprint density at radius 2 is 1.61 bits per heavy atom. The summed E-state index contributed by atoms with van der Waals surface area (Å²) in [5, 5.41) is 2.18. The van der Waals surface area contributed by atoms with E-state index in [9.17, 15) is 0 Å². The Morgan fingerprint density at radius 3 is 2.17 bits per heavy atom. The maximum atomic E-state index is 4.10. The molecule has 0 saturated carbocycles. The summed E-state index contributed by atoms with van der Waals surface area (Å²) >= 11 is 0. The van der Waals surface area contributed by atoms with Gasteiger partial charge in [-0.25, -0.2) is 0 Å². The lowest BCUT2D eigenvalue weighted by molar-refractivity contribution is 1.45. The van der Waals surface area contributed by atoms with Gasteiger partial charge in [0.05, 0.1) is 0 Å². The van der Waals surface area contributed by atoms with Gasteiger partial charge >= 0.3 is 0 Å². The summed E-state index contributed by atoms with van der Waals surface area (Å²) in [4.78, 5) is 0. The van der Waals surface area contributed by atoms with Gasteiger partial charge in [0.25, 0.3) is 0 Å². The third-order valence-electron chi connectivity index (χ3n) is 2.93. The first-order chi connectivity index (χ1) is 8.56. The molecule has 2 aromatic carbocycles. The van der Waals surface area contributed by atoms with Crippen molar-refractivity contribution in [2.45, 2.75) is 13.8 Å². The Balaban J connectivity index is 2.50. The van der Waals surface area contributed by atoms with Crippen molar-refractivity contribution in [3.8, 4) is 11.1 Å². The molecule has 0 heterocycles. The molecule has 0 atom stereocenters. The summed E-state index contributed by atoms with van der Waals surface area (Å²) in [5.41, 5.74) is 4.76. The van der Waals surface area contributed by atoms with E-state index in [4.69, 9.17) is 0 Å². The molecule has 18 heavy (non-hydrogen) atoms. The van der Waals surface area contributed by atoms with Crippen molar-refractivity contribution in [2.75, 3.05) is 0 Å². The van der Waals surface area contributed by atoms with Crippen molar-refractivity contribution in [2.24, 2.45) is 0 Å². The molecular formula is C18H18. The number of allylic oxidation sites excluding steroid dienone is 1. The van der Waals surface area contributed by atoms with Gasteiger partial charge in [0.2, 0.25) is 0 Å². The lowest BCUT2D eigenvalue weighted by Crippen LogP contribution is -2.22. The second-order valence-corrected chi connectivity index (χ2v) is 4.77. The van der Waals surface area contributed by atoms with Gasteiger partial charge in [0.15, 0.2) is 0 Å². The van der Waals surface area contributed by atoms with Crippen molar-refractivity contribution in [3.05, 3.63) is 70.6 Å². The van der Waals surface area contributed by atoms with E-state index in [2.05, 4.69) is 68.6 Å². The van der Waals surface area contributed by atoms with E-state index in [-0.39, 0.29) is 0 Å². The van der Waals surface area contributed by atoms with E-state index in [0.29, 0.717) is 0 Å². The Bertz CT molecular complexity index is 673. The quantitative estimate of drug-likeness (QED) is 0.747. The molecule has 0 amide bonds. The van der Waals surface area contributed by atoms with E-state index in [0.717, 1.165) is 16.0 Å². The first kappa shape index (κ1) is 12.4. The number of aryl methyl sites for hydroxylation is 1. The predicted octanol–water partition coefficient (Wildman–Crippen LogP) is 3.43. The molecular weight excluding hydrogens is 216 g/mol. The minimum Gasteiger partial charge on any atom is -0.0961 e. The zero-order valence-corrected chi connectivity index (χ0v) is 11.0. The Kier molecular flexibility index (Phi) is 3.47. The summed E-state index contributed by atoms with van der Waals surface area (Å²) in [7, 11) is 0.